The maximum absolute atomic E-state index is 13.3. The van der Waals surface area contributed by atoms with E-state index in [-0.39, 0.29) is 5.91 Å². The van der Waals surface area contributed by atoms with Crippen LogP contribution in [0.1, 0.15) is 27.4 Å². The van der Waals surface area contributed by atoms with Crippen LogP contribution >= 0.6 is 22.9 Å². The van der Waals surface area contributed by atoms with E-state index in [1.165, 1.54) is 11.3 Å². The van der Waals surface area contributed by atoms with Crippen molar-refractivity contribution in [2.45, 2.75) is 20.4 Å². The number of fused-ring (bicyclic) bond motifs is 1. The van der Waals surface area contributed by atoms with E-state index in [0.29, 0.717) is 22.4 Å². The number of pyridine rings is 1. The fraction of sp³-hybridized carbons (Fsp3) is 0.200. The molecule has 0 saturated carbocycles. The molecule has 4 aromatic rings. The number of anilines is 1. The number of benzene rings is 1. The maximum atomic E-state index is 13.3. The summed E-state index contributed by atoms with van der Waals surface area (Å²) in [7, 11) is 1.82. The first kappa shape index (κ1) is 18.6. The van der Waals surface area contributed by atoms with Gasteiger partial charge < -0.3 is 0 Å². The molecule has 0 atom stereocenters. The minimum atomic E-state index is -0.211. The van der Waals surface area contributed by atoms with Crippen molar-refractivity contribution < 1.29 is 4.79 Å². The zero-order chi connectivity index (χ0) is 19.8. The molecule has 1 amide bonds. The molecule has 0 aliphatic rings. The third-order valence-corrected chi connectivity index (χ3v) is 6.04. The highest BCUT2D eigenvalue weighted by atomic mass is 35.5. The van der Waals surface area contributed by atoms with Crippen LogP contribution in [0.2, 0.25) is 5.02 Å². The average Bonchev–Trinajstić information content (AvgIpc) is 3.27. The van der Waals surface area contributed by atoms with Gasteiger partial charge in [-0.15, -0.1) is 0 Å². The minimum absolute atomic E-state index is 0.211. The fourth-order valence-electron chi connectivity index (χ4n) is 2.89. The summed E-state index contributed by atoms with van der Waals surface area (Å²) in [5.74, 6) is -0.211. The van der Waals surface area contributed by atoms with Crippen LogP contribution in [-0.2, 0) is 13.6 Å². The second-order valence-electron chi connectivity index (χ2n) is 6.52. The Bertz CT molecular complexity index is 1150. The number of aromatic nitrogens is 4. The van der Waals surface area contributed by atoms with Gasteiger partial charge in [0.2, 0.25) is 0 Å². The van der Waals surface area contributed by atoms with Crippen molar-refractivity contribution in [2.24, 2.45) is 7.05 Å². The summed E-state index contributed by atoms with van der Waals surface area (Å²) in [4.78, 5) is 24.0. The number of halogens is 1. The molecule has 8 heteroatoms. The summed E-state index contributed by atoms with van der Waals surface area (Å²) in [6.45, 7) is 4.15. The van der Waals surface area contributed by atoms with E-state index < -0.39 is 0 Å². The molecule has 0 N–H and O–H groups in total. The lowest BCUT2D eigenvalue weighted by molar-refractivity contribution is 0.0979. The number of thiazole rings is 1. The molecular formula is C20H18ClN5OS. The normalized spacial score (nSPS) is 11.1. The van der Waals surface area contributed by atoms with Crippen molar-refractivity contribution in [3.63, 3.8) is 0 Å². The fourth-order valence-corrected chi connectivity index (χ4v) is 4.06. The third-order valence-electron chi connectivity index (χ3n) is 4.59. The first-order chi connectivity index (χ1) is 13.4. The lowest BCUT2D eigenvalue weighted by Gasteiger charge is -2.18. The van der Waals surface area contributed by atoms with Gasteiger partial charge in [0.05, 0.1) is 22.5 Å². The lowest BCUT2D eigenvalue weighted by atomic mass is 10.2. The monoisotopic (exact) mass is 411 g/mol. The molecule has 6 nitrogen and oxygen atoms in total. The summed E-state index contributed by atoms with van der Waals surface area (Å²) in [5, 5.41) is 5.60. The SMILES string of the molecule is Cc1c(Cl)ccc2sc(N(Cc3ccccn3)C(=O)c3cc(C)n(C)n3)nc12. The number of hydrogen-bond donors (Lipinski definition) is 0. The number of carbonyl (C=O) groups excluding carboxylic acids is 1. The predicted octanol–water partition coefficient (Wildman–Crippen LogP) is 4.54. The molecule has 0 unspecified atom stereocenters. The van der Waals surface area contributed by atoms with E-state index in [9.17, 15) is 4.79 Å². The summed E-state index contributed by atoms with van der Waals surface area (Å²) < 4.78 is 2.67. The number of hydrogen-bond acceptors (Lipinski definition) is 5. The van der Waals surface area contributed by atoms with Crippen molar-refractivity contribution in [3.05, 3.63) is 70.3 Å². The first-order valence-electron chi connectivity index (χ1n) is 8.72. The van der Waals surface area contributed by atoms with Crippen LogP contribution in [0, 0.1) is 13.8 Å². The third kappa shape index (κ3) is 3.39. The second-order valence-corrected chi connectivity index (χ2v) is 7.94. The molecule has 0 saturated heterocycles. The van der Waals surface area contributed by atoms with Crippen molar-refractivity contribution >= 4 is 44.2 Å². The van der Waals surface area contributed by atoms with Crippen molar-refractivity contribution in [3.8, 4) is 0 Å². The lowest BCUT2D eigenvalue weighted by Crippen LogP contribution is -2.31. The van der Waals surface area contributed by atoms with Crippen LogP contribution < -0.4 is 4.90 Å². The molecular weight excluding hydrogens is 394 g/mol. The Hall–Kier alpha value is -2.77. The number of aryl methyl sites for hydroxylation is 3. The quantitative estimate of drug-likeness (QED) is 0.494. The maximum Gasteiger partial charge on any atom is 0.280 e. The Morgan fingerprint density at radius 3 is 2.75 bits per heavy atom. The molecule has 142 valence electrons. The number of rotatable bonds is 4. The minimum Gasteiger partial charge on any atom is -0.276 e. The van der Waals surface area contributed by atoms with E-state index in [1.54, 1.807) is 21.8 Å². The Morgan fingerprint density at radius 2 is 2.07 bits per heavy atom. The van der Waals surface area contributed by atoms with E-state index in [4.69, 9.17) is 16.6 Å². The standard InChI is InChI=1S/C20H18ClN5OS/c1-12-10-16(24-25(12)3)19(27)26(11-14-6-4-5-9-22-14)20-23-18-13(2)15(21)7-8-17(18)28-20/h4-10H,11H2,1-3H3. The summed E-state index contributed by atoms with van der Waals surface area (Å²) in [5.41, 5.74) is 3.78. The van der Waals surface area contributed by atoms with Crippen LogP contribution in [-0.4, -0.2) is 25.7 Å². The summed E-state index contributed by atoms with van der Waals surface area (Å²) in [6.07, 6.45) is 1.71. The van der Waals surface area contributed by atoms with Crippen LogP contribution in [0.4, 0.5) is 5.13 Å². The zero-order valence-electron chi connectivity index (χ0n) is 15.7. The molecule has 4 rings (SSSR count). The number of carbonyl (C=O) groups is 1. The van der Waals surface area contributed by atoms with Crippen LogP contribution in [0.15, 0.2) is 42.6 Å². The van der Waals surface area contributed by atoms with Crippen molar-refractivity contribution in [1.82, 2.24) is 19.7 Å². The van der Waals surface area contributed by atoms with Crippen LogP contribution in [0.3, 0.4) is 0 Å². The van der Waals surface area contributed by atoms with Gasteiger partial charge in [-0.05, 0) is 49.7 Å². The molecule has 0 bridgehead atoms. The van der Waals surface area contributed by atoms with E-state index in [1.807, 2.05) is 51.2 Å². The van der Waals surface area contributed by atoms with Crippen LogP contribution in [0.5, 0.6) is 0 Å². The van der Waals surface area contributed by atoms with Crippen LogP contribution in [0.25, 0.3) is 10.2 Å². The molecule has 0 fully saturated rings. The van der Waals surface area contributed by atoms with Gasteiger partial charge in [-0.2, -0.15) is 5.10 Å². The molecule has 3 heterocycles. The highest BCUT2D eigenvalue weighted by Crippen LogP contribution is 2.34. The number of nitrogens with zero attached hydrogens (tertiary/aromatic N) is 5. The van der Waals surface area contributed by atoms with E-state index in [2.05, 4.69) is 10.1 Å². The van der Waals surface area contributed by atoms with E-state index >= 15 is 0 Å². The molecule has 28 heavy (non-hydrogen) atoms. The Balaban J connectivity index is 1.80. The van der Waals surface area contributed by atoms with E-state index in [0.717, 1.165) is 27.2 Å². The molecule has 3 aromatic heterocycles. The van der Waals surface area contributed by atoms with Gasteiger partial charge >= 0.3 is 0 Å². The number of amides is 1. The van der Waals surface area contributed by atoms with Crippen molar-refractivity contribution in [1.29, 1.82) is 0 Å². The Morgan fingerprint density at radius 1 is 1.25 bits per heavy atom. The predicted molar refractivity (Wildman–Crippen MR) is 112 cm³/mol. The smallest absolute Gasteiger partial charge is 0.276 e. The van der Waals surface area contributed by atoms with Gasteiger partial charge in [0.15, 0.2) is 10.8 Å². The second kappa shape index (κ2) is 7.33. The van der Waals surface area contributed by atoms with Gasteiger partial charge in [-0.25, -0.2) is 4.98 Å². The van der Waals surface area contributed by atoms with Crippen molar-refractivity contribution in [2.75, 3.05) is 4.90 Å². The highest BCUT2D eigenvalue weighted by molar-refractivity contribution is 7.22. The summed E-state index contributed by atoms with van der Waals surface area (Å²) >= 11 is 7.70. The highest BCUT2D eigenvalue weighted by Gasteiger charge is 2.25. The van der Waals surface area contributed by atoms with Gasteiger partial charge in [0.25, 0.3) is 5.91 Å². The molecule has 1 aromatic carbocycles. The molecule has 0 aliphatic heterocycles. The zero-order valence-corrected chi connectivity index (χ0v) is 17.3. The summed E-state index contributed by atoms with van der Waals surface area (Å²) in [6, 6.07) is 11.2. The van der Waals surface area contributed by atoms with Gasteiger partial charge in [-0.3, -0.25) is 19.4 Å². The molecule has 0 aliphatic carbocycles. The molecule has 0 radical (unpaired) electrons. The molecule has 0 spiro atoms. The first-order valence-corrected chi connectivity index (χ1v) is 9.91. The van der Waals surface area contributed by atoms with Gasteiger partial charge in [0, 0.05) is 24.0 Å². The Labute approximate surface area is 171 Å². The topological polar surface area (TPSA) is 63.9 Å². The largest absolute Gasteiger partial charge is 0.280 e. The Kier molecular flexibility index (Phi) is 4.87. The van der Waals surface area contributed by atoms with Gasteiger partial charge in [0.1, 0.15) is 0 Å². The van der Waals surface area contributed by atoms with Gasteiger partial charge in [-0.1, -0.05) is 29.0 Å². The average molecular weight is 412 g/mol.